The highest BCUT2D eigenvalue weighted by Crippen LogP contribution is 2.54. The smallest absolute Gasteiger partial charge is 0.264 e. The lowest BCUT2D eigenvalue weighted by atomic mass is 9.56. The monoisotopic (exact) mass is 462 g/mol. The second kappa shape index (κ2) is 10.0. The van der Waals surface area contributed by atoms with Crippen molar-refractivity contribution < 1.29 is 25.9 Å². The maximum Gasteiger partial charge on any atom is 0.264 e. The average molecular weight is 463 g/mol. The maximum atomic E-state index is 11.1. The van der Waals surface area contributed by atoms with Crippen LogP contribution in [0.2, 0.25) is 0 Å². The predicted molar refractivity (Wildman–Crippen MR) is 118 cm³/mol. The fourth-order valence-electron chi connectivity index (χ4n) is 6.76. The zero-order valence-corrected chi connectivity index (χ0v) is 19.7. The quantitative estimate of drug-likeness (QED) is 0.378. The van der Waals surface area contributed by atoms with Gasteiger partial charge in [-0.1, -0.05) is 37.8 Å². The van der Waals surface area contributed by atoms with Crippen LogP contribution in [0.3, 0.4) is 0 Å². The molecule has 0 aliphatic heterocycles. The molecule has 30 heavy (non-hydrogen) atoms. The molecule has 2 bridgehead atoms. The van der Waals surface area contributed by atoms with Gasteiger partial charge in [-0.05, 0) is 86.9 Å². The first kappa shape index (κ1) is 24.2. The Bertz CT molecular complexity index is 817. The highest BCUT2D eigenvalue weighted by molar-refractivity contribution is 7.86. The molecule has 8 heteroatoms. The van der Waals surface area contributed by atoms with Crippen LogP contribution < -0.4 is 0 Å². The number of fused-ring (bicyclic) bond motifs is 2. The van der Waals surface area contributed by atoms with Crippen LogP contribution in [0, 0.1) is 35.5 Å². The van der Waals surface area contributed by atoms with Crippen molar-refractivity contribution in [3.05, 3.63) is 11.6 Å². The largest absolute Gasteiger partial charge is 0.286 e. The number of allylic oxidation sites excluding steroid dienone is 2. The van der Waals surface area contributed by atoms with E-state index in [1.165, 1.54) is 25.7 Å². The molecule has 0 amide bonds. The molecule has 0 spiro atoms. The third-order valence-electron chi connectivity index (χ3n) is 7.69. The van der Waals surface area contributed by atoms with Crippen molar-refractivity contribution in [1.29, 1.82) is 0 Å². The zero-order chi connectivity index (χ0) is 21.9. The third-order valence-corrected chi connectivity index (χ3v) is 9.30. The molecule has 2 saturated carbocycles. The van der Waals surface area contributed by atoms with E-state index in [1.807, 2.05) is 0 Å². The van der Waals surface area contributed by atoms with Gasteiger partial charge in [0.2, 0.25) is 0 Å². The molecular formula is C22H38O6S2. The number of rotatable bonds is 9. The summed E-state index contributed by atoms with van der Waals surface area (Å²) in [6.07, 6.45) is 13.4. The van der Waals surface area contributed by atoms with E-state index in [1.54, 1.807) is 5.57 Å². The van der Waals surface area contributed by atoms with Crippen molar-refractivity contribution in [3.8, 4) is 0 Å². The van der Waals surface area contributed by atoms with E-state index in [4.69, 9.17) is 9.11 Å². The molecular weight excluding hydrogens is 424 g/mol. The van der Waals surface area contributed by atoms with Crippen LogP contribution in [0.5, 0.6) is 0 Å². The van der Waals surface area contributed by atoms with Gasteiger partial charge in [-0.2, -0.15) is 16.8 Å². The molecule has 3 aliphatic carbocycles. The van der Waals surface area contributed by atoms with E-state index in [9.17, 15) is 16.8 Å². The molecule has 6 atom stereocenters. The molecule has 3 rings (SSSR count). The van der Waals surface area contributed by atoms with Gasteiger partial charge in [0.25, 0.3) is 20.2 Å². The van der Waals surface area contributed by atoms with Gasteiger partial charge < -0.3 is 0 Å². The van der Waals surface area contributed by atoms with E-state index in [0.29, 0.717) is 48.3 Å². The Morgan fingerprint density at radius 1 is 0.933 bits per heavy atom. The first-order chi connectivity index (χ1) is 14.0. The molecule has 174 valence electrons. The minimum atomic E-state index is -3.89. The van der Waals surface area contributed by atoms with Gasteiger partial charge in [0.05, 0.1) is 11.5 Å². The van der Waals surface area contributed by atoms with Gasteiger partial charge >= 0.3 is 0 Å². The van der Waals surface area contributed by atoms with Crippen molar-refractivity contribution in [2.45, 2.75) is 77.6 Å². The molecule has 2 N–H and O–H groups in total. The van der Waals surface area contributed by atoms with Gasteiger partial charge in [0, 0.05) is 0 Å². The topological polar surface area (TPSA) is 109 Å². The molecule has 6 nitrogen and oxygen atoms in total. The molecule has 0 aromatic carbocycles. The summed E-state index contributed by atoms with van der Waals surface area (Å²) in [6, 6.07) is 0. The Labute approximate surface area is 182 Å². The Morgan fingerprint density at radius 2 is 1.57 bits per heavy atom. The Balaban J connectivity index is 1.66. The molecule has 2 fully saturated rings. The molecule has 0 aromatic heterocycles. The summed E-state index contributed by atoms with van der Waals surface area (Å²) in [6.45, 7) is 2.28. The van der Waals surface area contributed by atoms with Gasteiger partial charge in [-0.25, -0.2) is 0 Å². The summed E-state index contributed by atoms with van der Waals surface area (Å²) < 4.78 is 62.4. The van der Waals surface area contributed by atoms with E-state index in [0.717, 1.165) is 32.1 Å². The first-order valence-corrected chi connectivity index (χ1v) is 14.8. The number of hydrogen-bond acceptors (Lipinski definition) is 4. The Hall–Kier alpha value is -0.440. The minimum absolute atomic E-state index is 0.139. The highest BCUT2D eigenvalue weighted by atomic mass is 32.2. The minimum Gasteiger partial charge on any atom is -0.286 e. The van der Waals surface area contributed by atoms with Gasteiger partial charge in [-0.3, -0.25) is 9.11 Å². The van der Waals surface area contributed by atoms with Crippen LogP contribution in [-0.2, 0) is 20.2 Å². The maximum absolute atomic E-state index is 11.1. The summed E-state index contributed by atoms with van der Waals surface area (Å²) in [4.78, 5) is 0. The fourth-order valence-corrected chi connectivity index (χ4v) is 7.82. The van der Waals surface area contributed by atoms with Crippen molar-refractivity contribution in [3.63, 3.8) is 0 Å². The lowest BCUT2D eigenvalue weighted by Gasteiger charge is -2.49. The number of hydrogen-bond donors (Lipinski definition) is 2. The van der Waals surface area contributed by atoms with Crippen LogP contribution in [0.25, 0.3) is 0 Å². The molecule has 6 unspecified atom stereocenters. The van der Waals surface area contributed by atoms with Crippen molar-refractivity contribution in [2.24, 2.45) is 35.5 Å². The molecule has 0 heterocycles. The summed E-state index contributed by atoms with van der Waals surface area (Å²) in [5.41, 5.74) is 1.55. The molecule has 0 saturated heterocycles. The summed E-state index contributed by atoms with van der Waals surface area (Å²) in [5, 5.41) is 0. The van der Waals surface area contributed by atoms with Crippen LogP contribution >= 0.6 is 0 Å². The fraction of sp³-hybridized carbons (Fsp3) is 0.909. The van der Waals surface area contributed by atoms with Gasteiger partial charge in [0.1, 0.15) is 0 Å². The van der Waals surface area contributed by atoms with Crippen LogP contribution in [0.15, 0.2) is 11.6 Å². The predicted octanol–water partition coefficient (Wildman–Crippen LogP) is 4.74. The Kier molecular flexibility index (Phi) is 8.07. The normalized spacial score (nSPS) is 35.1. The zero-order valence-electron chi connectivity index (χ0n) is 18.1. The average Bonchev–Trinajstić information content (AvgIpc) is 2.59. The van der Waals surface area contributed by atoms with Crippen molar-refractivity contribution in [2.75, 3.05) is 11.5 Å². The Morgan fingerprint density at radius 3 is 2.20 bits per heavy atom. The van der Waals surface area contributed by atoms with Gasteiger partial charge in [-0.15, -0.1) is 0 Å². The molecule has 3 aliphatic rings. The lowest BCUT2D eigenvalue weighted by molar-refractivity contribution is 0.0759. The standard InChI is InChI=1S/C22H38O6S2/c1-16-12-19-14-17(6-4-10-29(23,24)25)15-20(13-16)22(19)21-9-3-2-7-18(21)8-5-11-30(26,27)28/h12,16-18,20-22H,2-11,13-15H2,1H3,(H,23,24,25)(H,26,27,28). The molecule has 0 aromatic rings. The van der Waals surface area contributed by atoms with E-state index in [2.05, 4.69) is 13.0 Å². The van der Waals surface area contributed by atoms with Crippen molar-refractivity contribution in [1.82, 2.24) is 0 Å². The third kappa shape index (κ3) is 7.04. The van der Waals surface area contributed by atoms with Crippen molar-refractivity contribution >= 4 is 20.2 Å². The SMILES string of the molecule is CC1C=C2CC(CCCS(=O)(=O)O)CC(C1)C2C1CCCCC1CCCS(=O)(=O)O. The van der Waals surface area contributed by atoms with Crippen LogP contribution in [0.1, 0.15) is 77.6 Å². The van der Waals surface area contributed by atoms with Crippen LogP contribution in [-0.4, -0.2) is 37.4 Å². The second-order valence-corrected chi connectivity index (χ2v) is 13.3. The summed E-state index contributed by atoms with van der Waals surface area (Å²) >= 11 is 0. The van der Waals surface area contributed by atoms with E-state index >= 15 is 0 Å². The first-order valence-electron chi connectivity index (χ1n) is 11.6. The summed E-state index contributed by atoms with van der Waals surface area (Å²) in [7, 11) is -7.77. The van der Waals surface area contributed by atoms with Gasteiger partial charge in [0.15, 0.2) is 0 Å². The highest BCUT2D eigenvalue weighted by Gasteiger charge is 2.43. The summed E-state index contributed by atoms with van der Waals surface area (Å²) in [5.74, 6) is 3.12. The van der Waals surface area contributed by atoms with E-state index in [-0.39, 0.29) is 11.5 Å². The van der Waals surface area contributed by atoms with E-state index < -0.39 is 20.2 Å². The van der Waals surface area contributed by atoms with Crippen LogP contribution in [0.4, 0.5) is 0 Å². The second-order valence-electron chi connectivity index (χ2n) is 10.1. The molecule has 0 radical (unpaired) electrons. The lowest BCUT2D eigenvalue weighted by Crippen LogP contribution is -2.40.